The first-order valence-corrected chi connectivity index (χ1v) is 16.2. The van der Waals surface area contributed by atoms with Gasteiger partial charge in [0.2, 0.25) is 0 Å². The van der Waals surface area contributed by atoms with E-state index in [-0.39, 0.29) is 19.0 Å². The molecule has 0 unspecified atom stereocenters. The van der Waals surface area contributed by atoms with E-state index < -0.39 is 14.2 Å². The number of hydrogen-bond acceptors (Lipinski definition) is 5. The molecule has 7 nitrogen and oxygen atoms in total. The van der Waals surface area contributed by atoms with Crippen molar-refractivity contribution in [3.63, 3.8) is 0 Å². The molecule has 2 aromatic heterocycles. The molecule has 0 spiro atoms. The second-order valence-corrected chi connectivity index (χ2v) is 15.9. The fraction of sp³-hybridized carbons (Fsp3) is 0.179. The molecule has 4 N–H and O–H groups in total. The van der Waals surface area contributed by atoms with Crippen molar-refractivity contribution in [2.45, 2.75) is 32.7 Å². The molecule has 2 amide bonds. The van der Waals surface area contributed by atoms with E-state index in [4.69, 9.17) is 5.73 Å². The van der Waals surface area contributed by atoms with Gasteiger partial charge in [0.25, 0.3) is 5.91 Å². The highest BCUT2D eigenvalue weighted by molar-refractivity contribution is 7.13. The fourth-order valence-corrected chi connectivity index (χ4v) is 5.64. The van der Waals surface area contributed by atoms with Crippen LogP contribution in [0, 0.1) is 0 Å². The largest absolute Gasteiger partial charge is 0.465 e. The number of nitrogens with two attached hydrogens (primary N) is 1. The van der Waals surface area contributed by atoms with E-state index in [0.29, 0.717) is 16.9 Å². The van der Waals surface area contributed by atoms with E-state index in [0.717, 1.165) is 21.6 Å². The Morgan fingerprint density at radius 1 is 1.00 bits per heavy atom. The number of carbonyl (C=O) groups is 2. The van der Waals surface area contributed by atoms with Crippen LogP contribution in [0.5, 0.6) is 0 Å². The smallest absolute Gasteiger partial charge is 0.407 e. The molecular weight excluding hydrogens is 500 g/mol. The number of carbonyl (C=O) groups excluding carboxylic acids is 1. The first-order chi connectivity index (χ1) is 17.6. The van der Waals surface area contributed by atoms with Crippen molar-refractivity contribution >= 4 is 48.0 Å². The van der Waals surface area contributed by atoms with Crippen LogP contribution in [0.15, 0.2) is 78.4 Å². The van der Waals surface area contributed by atoms with Crippen LogP contribution in [0.2, 0.25) is 19.6 Å². The quantitative estimate of drug-likeness (QED) is 0.195. The van der Waals surface area contributed by atoms with E-state index in [1.165, 1.54) is 10.1 Å². The SMILES string of the molecule is C[Si](C)(C)c1cncc(CN(Cc2ccc(C(=O)Nc3cc(-c4cccs4)ccc3N)cc2)C(=O)O)c1. The van der Waals surface area contributed by atoms with E-state index >= 15 is 0 Å². The number of anilines is 2. The average molecular weight is 531 g/mol. The van der Waals surface area contributed by atoms with Crippen molar-refractivity contribution in [3.05, 3.63) is 95.1 Å². The van der Waals surface area contributed by atoms with Gasteiger partial charge in [0, 0.05) is 29.4 Å². The molecule has 190 valence electrons. The van der Waals surface area contributed by atoms with Crippen molar-refractivity contribution in [2.24, 2.45) is 0 Å². The summed E-state index contributed by atoms with van der Waals surface area (Å²) in [5.74, 6) is -0.286. The van der Waals surface area contributed by atoms with Gasteiger partial charge in [-0.1, -0.05) is 50.0 Å². The maximum absolute atomic E-state index is 12.9. The van der Waals surface area contributed by atoms with Gasteiger partial charge in [0.05, 0.1) is 26.0 Å². The molecule has 4 rings (SSSR count). The number of hydrogen-bond donors (Lipinski definition) is 3. The summed E-state index contributed by atoms with van der Waals surface area (Å²) in [6.45, 7) is 7.13. The average Bonchev–Trinajstić information content (AvgIpc) is 3.40. The van der Waals surface area contributed by atoms with Gasteiger partial charge in [0.15, 0.2) is 0 Å². The molecular formula is C28H30N4O3SSi. The van der Waals surface area contributed by atoms with Crippen molar-refractivity contribution in [1.29, 1.82) is 0 Å². The summed E-state index contributed by atoms with van der Waals surface area (Å²) in [6.07, 6.45) is 2.57. The van der Waals surface area contributed by atoms with Crippen molar-refractivity contribution in [3.8, 4) is 10.4 Å². The Kier molecular flexibility index (Phi) is 7.75. The summed E-state index contributed by atoms with van der Waals surface area (Å²) >= 11 is 1.62. The topological polar surface area (TPSA) is 109 Å². The van der Waals surface area contributed by atoms with Crippen molar-refractivity contribution in [2.75, 3.05) is 11.1 Å². The van der Waals surface area contributed by atoms with Gasteiger partial charge >= 0.3 is 6.09 Å². The van der Waals surface area contributed by atoms with Crippen molar-refractivity contribution in [1.82, 2.24) is 9.88 Å². The Labute approximate surface area is 221 Å². The fourth-order valence-electron chi connectivity index (χ4n) is 3.83. The van der Waals surface area contributed by atoms with Crippen LogP contribution in [0.1, 0.15) is 21.5 Å². The molecule has 37 heavy (non-hydrogen) atoms. The number of nitrogens with one attached hydrogen (secondary N) is 1. The number of thiophene rings is 1. The van der Waals surface area contributed by atoms with Gasteiger partial charge in [-0.05, 0) is 57.6 Å². The molecule has 0 radical (unpaired) electrons. The van der Waals surface area contributed by atoms with Crippen LogP contribution in [-0.2, 0) is 13.1 Å². The second-order valence-electron chi connectivity index (χ2n) is 9.90. The van der Waals surface area contributed by atoms with Crippen LogP contribution in [0.4, 0.5) is 16.2 Å². The Hall–Kier alpha value is -3.95. The van der Waals surface area contributed by atoms with Crippen molar-refractivity contribution < 1.29 is 14.7 Å². The first-order valence-electron chi connectivity index (χ1n) is 11.9. The third-order valence-corrected chi connectivity index (χ3v) is 8.93. The number of aromatic nitrogens is 1. The highest BCUT2D eigenvalue weighted by Gasteiger charge is 2.19. The Balaban J connectivity index is 1.44. The van der Waals surface area contributed by atoms with E-state index in [2.05, 4.69) is 36.0 Å². The molecule has 0 bridgehead atoms. The normalized spacial score (nSPS) is 11.2. The number of nitrogen functional groups attached to an aromatic ring is 1. The predicted octanol–water partition coefficient (Wildman–Crippen LogP) is 5.87. The first kappa shape index (κ1) is 26.1. The Morgan fingerprint density at radius 3 is 2.38 bits per heavy atom. The van der Waals surface area contributed by atoms with Gasteiger partial charge in [-0.2, -0.15) is 0 Å². The maximum Gasteiger partial charge on any atom is 0.407 e. The van der Waals surface area contributed by atoms with Gasteiger partial charge in [-0.3, -0.25) is 14.7 Å². The Morgan fingerprint density at radius 2 is 1.73 bits per heavy atom. The predicted molar refractivity (Wildman–Crippen MR) is 153 cm³/mol. The lowest BCUT2D eigenvalue weighted by Crippen LogP contribution is -2.38. The molecule has 0 fully saturated rings. The summed E-state index contributed by atoms with van der Waals surface area (Å²) < 4.78 is 0. The lowest BCUT2D eigenvalue weighted by molar-refractivity contribution is 0.102. The van der Waals surface area contributed by atoms with Crippen LogP contribution >= 0.6 is 11.3 Å². The van der Waals surface area contributed by atoms with E-state index in [1.807, 2.05) is 35.8 Å². The molecule has 4 aromatic rings. The molecule has 2 aromatic carbocycles. The molecule has 0 aliphatic carbocycles. The standard InChI is InChI=1S/C28H30N4O3SSi/c1-37(2,3)23-13-20(15-30-16-23)18-32(28(34)35)17-19-6-8-21(9-7-19)27(33)31-25-14-22(10-11-24(25)29)26-5-4-12-36-26/h4-16H,17-18,29H2,1-3H3,(H,31,33)(H,34,35). The zero-order chi connectivity index (χ0) is 26.6. The summed E-state index contributed by atoms with van der Waals surface area (Å²) in [7, 11) is -1.56. The van der Waals surface area contributed by atoms with Gasteiger partial charge in [-0.25, -0.2) is 4.79 Å². The minimum absolute atomic E-state index is 0.199. The number of benzene rings is 2. The molecule has 0 saturated heterocycles. The highest BCUT2D eigenvalue weighted by atomic mass is 32.1. The minimum Gasteiger partial charge on any atom is -0.465 e. The minimum atomic E-state index is -1.56. The lowest BCUT2D eigenvalue weighted by Gasteiger charge is -2.21. The van der Waals surface area contributed by atoms with E-state index in [9.17, 15) is 14.7 Å². The summed E-state index contributed by atoms with van der Waals surface area (Å²) in [5, 5.41) is 15.9. The highest BCUT2D eigenvalue weighted by Crippen LogP contribution is 2.30. The van der Waals surface area contributed by atoms with Crippen LogP contribution in [0.3, 0.4) is 0 Å². The molecule has 0 aliphatic rings. The zero-order valence-electron chi connectivity index (χ0n) is 21.1. The monoisotopic (exact) mass is 530 g/mol. The van der Waals surface area contributed by atoms with Crippen LogP contribution < -0.4 is 16.2 Å². The third kappa shape index (κ3) is 6.63. The maximum atomic E-state index is 12.9. The molecule has 0 saturated carbocycles. The number of amides is 2. The van der Waals surface area contributed by atoms with Gasteiger partial charge < -0.3 is 16.2 Å². The molecule has 0 aliphatic heterocycles. The van der Waals surface area contributed by atoms with Crippen LogP contribution in [-0.4, -0.2) is 35.1 Å². The molecule has 9 heteroatoms. The second kappa shape index (κ2) is 11.0. The molecule has 2 heterocycles. The summed E-state index contributed by atoms with van der Waals surface area (Å²) in [5.41, 5.74) is 10.2. The van der Waals surface area contributed by atoms with Crippen LogP contribution in [0.25, 0.3) is 10.4 Å². The third-order valence-electron chi connectivity index (χ3n) is 6.00. The molecule has 0 atom stereocenters. The van der Waals surface area contributed by atoms with Gasteiger partial charge in [-0.15, -0.1) is 11.3 Å². The zero-order valence-corrected chi connectivity index (χ0v) is 22.9. The number of nitrogens with zero attached hydrogens (tertiary/aromatic N) is 2. The Bertz CT molecular complexity index is 1400. The van der Waals surface area contributed by atoms with E-state index in [1.54, 1.807) is 47.9 Å². The number of pyridine rings is 1. The van der Waals surface area contributed by atoms with Gasteiger partial charge in [0.1, 0.15) is 0 Å². The summed E-state index contributed by atoms with van der Waals surface area (Å²) in [4.78, 5) is 31.6. The lowest BCUT2D eigenvalue weighted by atomic mass is 10.1. The number of carboxylic acid groups (broad SMARTS) is 1. The summed E-state index contributed by atoms with van der Waals surface area (Å²) in [6, 6.07) is 18.5. The number of rotatable bonds is 8.